The molecule has 4 aromatic rings. The number of fused-ring (bicyclic) bond motifs is 1. The summed E-state index contributed by atoms with van der Waals surface area (Å²) < 4.78 is 8.19. The first-order valence-electron chi connectivity index (χ1n) is 7.30. The molecule has 130 valence electrons. The third kappa shape index (κ3) is 3.09. The quantitative estimate of drug-likeness (QED) is 0.379. The van der Waals surface area contributed by atoms with E-state index in [9.17, 15) is 10.1 Å². The average molecular weight is 386 g/mol. The van der Waals surface area contributed by atoms with Crippen LogP contribution in [0.1, 0.15) is 0 Å². The number of rotatable bonds is 5. The van der Waals surface area contributed by atoms with Crippen molar-refractivity contribution < 1.29 is 9.66 Å². The Hall–Kier alpha value is -3.05. The monoisotopic (exact) mass is 386 g/mol. The van der Waals surface area contributed by atoms with Crippen molar-refractivity contribution in [3.8, 4) is 11.4 Å². The summed E-state index contributed by atoms with van der Waals surface area (Å²) in [7, 11) is 1.60. The van der Waals surface area contributed by atoms with Gasteiger partial charge >= 0.3 is 0 Å². The van der Waals surface area contributed by atoms with E-state index in [1.807, 2.05) is 24.3 Å². The van der Waals surface area contributed by atoms with Crippen LogP contribution < -0.4 is 4.74 Å². The van der Waals surface area contributed by atoms with Crippen LogP contribution in [0.15, 0.2) is 52.0 Å². The van der Waals surface area contributed by atoms with E-state index in [2.05, 4.69) is 20.5 Å². The number of thiazole rings is 1. The topological polar surface area (TPSA) is 109 Å². The van der Waals surface area contributed by atoms with E-state index in [1.165, 1.54) is 35.2 Å². The zero-order valence-corrected chi connectivity index (χ0v) is 14.9. The molecule has 26 heavy (non-hydrogen) atoms. The van der Waals surface area contributed by atoms with Gasteiger partial charge in [0.2, 0.25) is 5.16 Å². The number of aromatic nitrogens is 5. The molecule has 0 saturated carbocycles. The van der Waals surface area contributed by atoms with E-state index in [0.29, 0.717) is 15.0 Å². The molecule has 2 aromatic carbocycles. The number of hydrogen-bond donors (Lipinski definition) is 0. The summed E-state index contributed by atoms with van der Waals surface area (Å²) in [6.45, 7) is 0. The first-order chi connectivity index (χ1) is 12.6. The molecule has 0 amide bonds. The fraction of sp³-hybridized carbons (Fsp3) is 0.0667. The fourth-order valence-electron chi connectivity index (χ4n) is 2.26. The van der Waals surface area contributed by atoms with Gasteiger partial charge in [-0.2, -0.15) is 4.68 Å². The highest BCUT2D eigenvalue weighted by Crippen LogP contribution is 2.35. The van der Waals surface area contributed by atoms with Gasteiger partial charge in [0.05, 0.1) is 27.9 Å². The second-order valence-electron chi connectivity index (χ2n) is 5.06. The lowest BCUT2D eigenvalue weighted by molar-refractivity contribution is -0.384. The smallest absolute Gasteiger partial charge is 0.270 e. The number of non-ortho nitro benzene ring substituents is 1. The summed E-state index contributed by atoms with van der Waals surface area (Å²) in [6.07, 6.45) is 0. The van der Waals surface area contributed by atoms with Gasteiger partial charge in [-0.1, -0.05) is 0 Å². The molecule has 11 heteroatoms. The Morgan fingerprint density at radius 3 is 2.77 bits per heavy atom. The third-order valence-electron chi connectivity index (χ3n) is 3.50. The van der Waals surface area contributed by atoms with E-state index in [1.54, 1.807) is 17.9 Å². The molecule has 0 N–H and O–H groups in total. The highest BCUT2D eigenvalue weighted by atomic mass is 32.2. The minimum Gasteiger partial charge on any atom is -0.497 e. The van der Waals surface area contributed by atoms with E-state index in [4.69, 9.17) is 4.74 Å². The predicted octanol–water partition coefficient (Wildman–Crippen LogP) is 3.34. The first kappa shape index (κ1) is 16.4. The first-order valence-corrected chi connectivity index (χ1v) is 8.93. The molecule has 2 aromatic heterocycles. The Morgan fingerprint density at radius 2 is 2.04 bits per heavy atom. The van der Waals surface area contributed by atoms with Crippen molar-refractivity contribution in [1.29, 1.82) is 0 Å². The van der Waals surface area contributed by atoms with Gasteiger partial charge in [-0.05, 0) is 52.5 Å². The van der Waals surface area contributed by atoms with Crippen molar-refractivity contribution in [3.63, 3.8) is 0 Å². The minimum atomic E-state index is -0.420. The molecule has 9 nitrogen and oxygen atoms in total. The summed E-state index contributed by atoms with van der Waals surface area (Å²) in [5.41, 5.74) is 1.53. The van der Waals surface area contributed by atoms with Crippen molar-refractivity contribution in [1.82, 2.24) is 25.2 Å². The van der Waals surface area contributed by atoms with Crippen LogP contribution in [0.2, 0.25) is 0 Å². The molecule has 0 aliphatic carbocycles. The number of tetrazole rings is 1. The highest BCUT2D eigenvalue weighted by Gasteiger charge is 2.15. The lowest BCUT2D eigenvalue weighted by Gasteiger charge is -2.04. The van der Waals surface area contributed by atoms with Gasteiger partial charge in [-0.3, -0.25) is 10.1 Å². The molecule has 0 atom stereocenters. The summed E-state index contributed by atoms with van der Waals surface area (Å²) in [5.74, 6) is 0.740. The van der Waals surface area contributed by atoms with Crippen molar-refractivity contribution >= 4 is 39.0 Å². The lowest BCUT2D eigenvalue weighted by Crippen LogP contribution is -1.98. The minimum absolute atomic E-state index is 0.0424. The van der Waals surface area contributed by atoms with Gasteiger partial charge in [0.1, 0.15) is 5.75 Å². The summed E-state index contributed by atoms with van der Waals surface area (Å²) in [6, 6.07) is 11.9. The van der Waals surface area contributed by atoms with Crippen LogP contribution in [-0.2, 0) is 0 Å². The van der Waals surface area contributed by atoms with Crippen molar-refractivity contribution in [2.75, 3.05) is 7.11 Å². The molecule has 4 rings (SSSR count). The maximum atomic E-state index is 10.9. The van der Waals surface area contributed by atoms with E-state index in [-0.39, 0.29) is 5.69 Å². The number of nitrogens with zero attached hydrogens (tertiary/aromatic N) is 6. The molecule has 0 unspecified atom stereocenters. The zero-order valence-electron chi connectivity index (χ0n) is 13.3. The number of nitro groups is 1. The number of nitro benzene ring substituents is 1. The number of hydrogen-bond acceptors (Lipinski definition) is 9. The van der Waals surface area contributed by atoms with Crippen LogP contribution in [0.5, 0.6) is 5.75 Å². The summed E-state index contributed by atoms with van der Waals surface area (Å²) in [5, 5.41) is 23.2. The van der Waals surface area contributed by atoms with Crippen molar-refractivity contribution in [2.24, 2.45) is 0 Å². The van der Waals surface area contributed by atoms with Crippen LogP contribution >= 0.6 is 23.1 Å². The van der Waals surface area contributed by atoms with Gasteiger partial charge in [0.25, 0.3) is 5.69 Å². The lowest BCUT2D eigenvalue weighted by atomic mass is 10.3. The molecule has 0 aliphatic rings. The second-order valence-corrected chi connectivity index (χ2v) is 7.31. The molecular weight excluding hydrogens is 376 g/mol. The van der Waals surface area contributed by atoms with E-state index < -0.39 is 4.92 Å². The molecular formula is C15H10N6O3S2. The van der Waals surface area contributed by atoms with E-state index >= 15 is 0 Å². The van der Waals surface area contributed by atoms with Gasteiger partial charge < -0.3 is 4.74 Å². The Labute approximate surface area is 154 Å². The van der Waals surface area contributed by atoms with Gasteiger partial charge in [0.15, 0.2) is 4.34 Å². The number of benzene rings is 2. The Balaban J connectivity index is 1.64. The van der Waals surface area contributed by atoms with Crippen LogP contribution in [-0.4, -0.2) is 37.2 Å². The van der Waals surface area contributed by atoms with Crippen LogP contribution in [0.3, 0.4) is 0 Å². The number of ether oxygens (including phenoxy) is 1. The van der Waals surface area contributed by atoms with Crippen LogP contribution in [0.4, 0.5) is 5.69 Å². The normalized spacial score (nSPS) is 11.0. The van der Waals surface area contributed by atoms with Crippen molar-refractivity contribution in [2.45, 2.75) is 9.50 Å². The summed E-state index contributed by atoms with van der Waals surface area (Å²) >= 11 is 2.65. The highest BCUT2D eigenvalue weighted by molar-refractivity contribution is 8.01. The van der Waals surface area contributed by atoms with Crippen molar-refractivity contribution in [3.05, 3.63) is 52.6 Å². The van der Waals surface area contributed by atoms with E-state index in [0.717, 1.165) is 16.1 Å². The molecule has 0 fully saturated rings. The molecule has 2 heterocycles. The Bertz CT molecular complexity index is 1090. The Kier molecular flexibility index (Phi) is 4.22. The average Bonchev–Trinajstić information content (AvgIpc) is 3.27. The van der Waals surface area contributed by atoms with Gasteiger partial charge in [-0.25, -0.2) is 4.98 Å². The molecule has 0 saturated heterocycles. The molecule has 0 aliphatic heterocycles. The maximum Gasteiger partial charge on any atom is 0.270 e. The Morgan fingerprint density at radius 1 is 1.23 bits per heavy atom. The predicted molar refractivity (Wildman–Crippen MR) is 96.1 cm³/mol. The largest absolute Gasteiger partial charge is 0.497 e. The fourth-order valence-corrected chi connectivity index (χ4v) is 4.25. The molecule has 0 bridgehead atoms. The van der Waals surface area contributed by atoms with Gasteiger partial charge in [0, 0.05) is 12.1 Å². The SMILES string of the molecule is COc1ccc(-n2nnnc2Sc2nc3ccc([N+](=O)[O-])cc3s2)cc1. The maximum absolute atomic E-state index is 10.9. The molecule has 0 spiro atoms. The number of methoxy groups -OCH3 is 1. The third-order valence-corrected chi connectivity index (χ3v) is 5.52. The van der Waals surface area contributed by atoms with Crippen LogP contribution in [0, 0.1) is 10.1 Å². The van der Waals surface area contributed by atoms with Gasteiger partial charge in [-0.15, -0.1) is 16.4 Å². The second kappa shape index (κ2) is 6.69. The summed E-state index contributed by atoms with van der Waals surface area (Å²) in [4.78, 5) is 15.0. The zero-order chi connectivity index (χ0) is 18.1. The van der Waals surface area contributed by atoms with Crippen LogP contribution in [0.25, 0.3) is 15.9 Å². The molecule has 0 radical (unpaired) electrons. The standard InChI is InChI=1S/C15H10N6O3S2/c1-24-11-5-2-9(3-6-11)20-14(17-18-19-20)26-15-16-12-7-4-10(21(22)23)8-13(12)25-15/h2-8H,1H3.